The molecule has 12 heteroatoms. The Balaban J connectivity index is 1.20. The van der Waals surface area contributed by atoms with Gasteiger partial charge >= 0.3 is 6.03 Å². The summed E-state index contributed by atoms with van der Waals surface area (Å²) in [6, 6.07) is 4.63. The number of aromatic nitrogens is 4. The number of fused-ring (bicyclic) bond motifs is 1. The SMILES string of the molecule is CC1CCCCN1CCCNc1ncc2c(-c3ccc(NC(=O)NC4=NOC(C(C)(C)C)C4)c(F)c3)nn(C)c2n1. The number of piperidine rings is 1. The van der Waals surface area contributed by atoms with Crippen molar-refractivity contribution in [2.75, 3.05) is 30.3 Å². The van der Waals surface area contributed by atoms with E-state index in [4.69, 9.17) is 4.84 Å². The van der Waals surface area contributed by atoms with Crippen LogP contribution in [-0.2, 0) is 11.9 Å². The van der Waals surface area contributed by atoms with Crippen LogP contribution in [0.15, 0.2) is 29.6 Å². The van der Waals surface area contributed by atoms with Gasteiger partial charge in [-0.2, -0.15) is 10.1 Å². The second-order valence-corrected chi connectivity index (χ2v) is 12.0. The number of amides is 2. The number of oxime groups is 1. The van der Waals surface area contributed by atoms with Crippen molar-refractivity contribution in [1.82, 2.24) is 30.0 Å². The number of carbonyl (C=O) groups is 1. The normalized spacial score (nSPS) is 19.6. The highest BCUT2D eigenvalue weighted by atomic mass is 19.1. The summed E-state index contributed by atoms with van der Waals surface area (Å²) in [6.07, 6.45) is 6.95. The van der Waals surface area contributed by atoms with Crippen LogP contribution in [0.3, 0.4) is 0 Å². The second kappa shape index (κ2) is 12.0. The molecule has 41 heavy (non-hydrogen) atoms. The first kappa shape index (κ1) is 28.7. The molecule has 220 valence electrons. The van der Waals surface area contributed by atoms with E-state index in [2.05, 4.69) is 48.0 Å². The Morgan fingerprint density at radius 3 is 2.78 bits per heavy atom. The van der Waals surface area contributed by atoms with Crippen molar-refractivity contribution in [2.45, 2.75) is 71.9 Å². The molecular weight excluding hydrogens is 525 g/mol. The van der Waals surface area contributed by atoms with Gasteiger partial charge in [0.25, 0.3) is 0 Å². The molecule has 2 aromatic heterocycles. The molecule has 1 aromatic carbocycles. The lowest BCUT2D eigenvalue weighted by Crippen LogP contribution is -2.38. The highest BCUT2D eigenvalue weighted by Gasteiger charge is 2.33. The second-order valence-electron chi connectivity index (χ2n) is 12.0. The van der Waals surface area contributed by atoms with E-state index in [-0.39, 0.29) is 17.2 Å². The maximum absolute atomic E-state index is 15.1. The van der Waals surface area contributed by atoms with Crippen LogP contribution in [0.4, 0.5) is 20.8 Å². The molecule has 0 radical (unpaired) electrons. The number of aryl methyl sites for hydroxylation is 1. The monoisotopic (exact) mass is 565 g/mol. The van der Waals surface area contributed by atoms with Crippen molar-refractivity contribution in [2.24, 2.45) is 17.6 Å². The zero-order valence-electron chi connectivity index (χ0n) is 24.5. The first-order chi connectivity index (χ1) is 19.6. The molecule has 4 heterocycles. The van der Waals surface area contributed by atoms with E-state index in [1.165, 1.54) is 37.9 Å². The van der Waals surface area contributed by atoms with Gasteiger partial charge < -0.3 is 20.4 Å². The van der Waals surface area contributed by atoms with Gasteiger partial charge in [-0.3, -0.25) is 5.32 Å². The molecule has 1 fully saturated rings. The summed E-state index contributed by atoms with van der Waals surface area (Å²) in [4.78, 5) is 29.6. The first-order valence-corrected chi connectivity index (χ1v) is 14.4. The number of benzene rings is 1. The number of amidine groups is 1. The van der Waals surface area contributed by atoms with Gasteiger partial charge in [-0.25, -0.2) is 18.9 Å². The highest BCUT2D eigenvalue weighted by Crippen LogP contribution is 2.30. The Labute approximate surface area is 239 Å². The molecule has 2 unspecified atom stereocenters. The Kier molecular flexibility index (Phi) is 8.39. The van der Waals surface area contributed by atoms with Crippen LogP contribution in [0.1, 0.15) is 59.8 Å². The fraction of sp³-hybridized carbons (Fsp3) is 0.552. The van der Waals surface area contributed by atoms with Gasteiger partial charge in [-0.15, -0.1) is 0 Å². The van der Waals surface area contributed by atoms with Crippen LogP contribution in [0.25, 0.3) is 22.3 Å². The number of hydrogen-bond donors (Lipinski definition) is 3. The minimum atomic E-state index is -0.587. The molecule has 11 nitrogen and oxygen atoms in total. The van der Waals surface area contributed by atoms with E-state index in [9.17, 15) is 4.79 Å². The van der Waals surface area contributed by atoms with Crippen LogP contribution < -0.4 is 16.0 Å². The maximum atomic E-state index is 15.1. The lowest BCUT2D eigenvalue weighted by Gasteiger charge is -2.33. The smallest absolute Gasteiger partial charge is 0.324 e. The van der Waals surface area contributed by atoms with Gasteiger partial charge in [0.05, 0.1) is 11.1 Å². The molecular formula is C29H40FN9O2. The molecule has 0 spiro atoms. The average molecular weight is 566 g/mol. The van der Waals surface area contributed by atoms with E-state index < -0.39 is 11.8 Å². The molecule has 3 N–H and O–H groups in total. The van der Waals surface area contributed by atoms with Gasteiger partial charge in [0.1, 0.15) is 17.6 Å². The number of anilines is 2. The van der Waals surface area contributed by atoms with E-state index in [1.807, 2.05) is 20.8 Å². The van der Waals surface area contributed by atoms with Gasteiger partial charge in [-0.05, 0) is 44.9 Å². The lowest BCUT2D eigenvalue weighted by atomic mass is 9.87. The van der Waals surface area contributed by atoms with Crippen molar-refractivity contribution in [3.05, 3.63) is 30.2 Å². The van der Waals surface area contributed by atoms with Gasteiger partial charge in [0.15, 0.2) is 11.5 Å². The van der Waals surface area contributed by atoms with Gasteiger partial charge in [0, 0.05) is 49.8 Å². The molecule has 0 saturated carbocycles. The minimum Gasteiger partial charge on any atom is -0.390 e. The number of nitrogens with one attached hydrogen (secondary N) is 3. The summed E-state index contributed by atoms with van der Waals surface area (Å²) in [5.41, 5.74) is 1.70. The topological polar surface area (TPSA) is 122 Å². The molecule has 0 bridgehead atoms. The third-order valence-corrected chi connectivity index (χ3v) is 7.81. The van der Waals surface area contributed by atoms with Crippen LogP contribution >= 0.6 is 0 Å². The third-order valence-electron chi connectivity index (χ3n) is 7.81. The zero-order valence-corrected chi connectivity index (χ0v) is 24.5. The standard InChI is InChI=1S/C29H40FN9O2/c1-18-9-6-7-13-39(18)14-8-12-31-27-32-17-20-25(36-38(5)26(20)35-27)19-10-11-22(21(30)15-19)33-28(40)34-24-16-23(41-37-24)29(2,3)4/h10-11,15,17-18,23H,6-9,12-14,16H2,1-5H3,(H,31,32,35)(H2,33,34,37,40). The van der Waals surface area contributed by atoms with Crippen LogP contribution in [0, 0.1) is 11.2 Å². The van der Waals surface area contributed by atoms with Gasteiger partial charge in [-0.1, -0.05) is 38.4 Å². The number of nitrogens with zero attached hydrogens (tertiary/aromatic N) is 6. The van der Waals surface area contributed by atoms with E-state index >= 15 is 4.39 Å². The van der Waals surface area contributed by atoms with E-state index in [0.717, 1.165) is 19.5 Å². The summed E-state index contributed by atoms with van der Waals surface area (Å²) in [7, 11) is 1.80. The number of hydrogen-bond acceptors (Lipinski definition) is 8. The summed E-state index contributed by atoms with van der Waals surface area (Å²) in [5, 5.41) is 17.7. The minimum absolute atomic E-state index is 0.0417. The maximum Gasteiger partial charge on any atom is 0.324 e. The molecule has 1 saturated heterocycles. The molecule has 3 aromatic rings. The van der Waals surface area contributed by atoms with Crippen molar-refractivity contribution >= 4 is 34.5 Å². The molecule has 2 amide bonds. The zero-order chi connectivity index (χ0) is 29.1. The van der Waals surface area contributed by atoms with Crippen molar-refractivity contribution < 1.29 is 14.0 Å². The summed E-state index contributed by atoms with van der Waals surface area (Å²) >= 11 is 0. The van der Waals surface area contributed by atoms with Crippen LogP contribution in [0.2, 0.25) is 0 Å². The average Bonchev–Trinajstić information content (AvgIpc) is 3.53. The highest BCUT2D eigenvalue weighted by molar-refractivity contribution is 6.03. The first-order valence-electron chi connectivity index (χ1n) is 14.4. The Morgan fingerprint density at radius 1 is 1.22 bits per heavy atom. The van der Waals surface area contributed by atoms with E-state index in [1.54, 1.807) is 24.0 Å². The quantitative estimate of drug-likeness (QED) is 0.340. The van der Waals surface area contributed by atoms with Crippen molar-refractivity contribution in [3.63, 3.8) is 0 Å². The predicted molar refractivity (Wildman–Crippen MR) is 158 cm³/mol. The largest absolute Gasteiger partial charge is 0.390 e. The summed E-state index contributed by atoms with van der Waals surface area (Å²) in [5.74, 6) is 0.363. The fourth-order valence-corrected chi connectivity index (χ4v) is 5.27. The summed E-state index contributed by atoms with van der Waals surface area (Å²) < 4.78 is 16.7. The Hall–Kier alpha value is -3.80. The van der Waals surface area contributed by atoms with Crippen molar-refractivity contribution in [1.29, 1.82) is 0 Å². The van der Waals surface area contributed by atoms with E-state index in [0.29, 0.717) is 46.5 Å². The molecule has 2 aliphatic heterocycles. The number of urea groups is 1. The lowest BCUT2D eigenvalue weighted by molar-refractivity contribution is 0.00830. The van der Waals surface area contributed by atoms with Crippen LogP contribution in [0.5, 0.6) is 0 Å². The van der Waals surface area contributed by atoms with Gasteiger partial charge in [0.2, 0.25) is 5.95 Å². The number of halogens is 1. The fourth-order valence-electron chi connectivity index (χ4n) is 5.27. The Morgan fingerprint density at radius 2 is 2.05 bits per heavy atom. The number of rotatable bonds is 7. The molecule has 2 atom stereocenters. The Bertz CT molecular complexity index is 1430. The molecule has 5 rings (SSSR count). The van der Waals surface area contributed by atoms with Crippen molar-refractivity contribution in [3.8, 4) is 11.3 Å². The predicted octanol–water partition coefficient (Wildman–Crippen LogP) is 5.12. The summed E-state index contributed by atoms with van der Waals surface area (Å²) in [6.45, 7) is 11.4. The third kappa shape index (κ3) is 6.75. The molecule has 2 aliphatic rings. The number of likely N-dealkylation sites (tertiary alicyclic amines) is 1. The number of carbonyl (C=O) groups excluding carboxylic acids is 1. The molecule has 0 aliphatic carbocycles. The van der Waals surface area contributed by atoms with Crippen LogP contribution in [-0.4, -0.2) is 68.3 Å².